The average Bonchev–Trinajstić information content (AvgIpc) is 2.65. The lowest BCUT2D eigenvalue weighted by Gasteiger charge is -2.20. The third kappa shape index (κ3) is 3.36. The molecular formula is C11H15BrN2O3S2. The van der Waals surface area contributed by atoms with Gasteiger partial charge in [-0.2, -0.15) is 4.31 Å². The van der Waals surface area contributed by atoms with E-state index in [1.54, 1.807) is 17.0 Å². The van der Waals surface area contributed by atoms with Crippen LogP contribution in [0.2, 0.25) is 0 Å². The summed E-state index contributed by atoms with van der Waals surface area (Å²) in [5.74, 6) is -0.00174. The van der Waals surface area contributed by atoms with Crippen molar-refractivity contribution in [2.24, 2.45) is 0 Å². The highest BCUT2D eigenvalue weighted by Gasteiger charge is 2.28. The standard InChI is InChI=1S/C11H15BrN2O3S2/c1-9(15)13-5-2-6-14(8-7-13)19(16,17)11-4-3-10(12)18-11/h3-4H,2,5-8H2,1H3. The molecule has 0 aliphatic carbocycles. The predicted octanol–water partition coefficient (Wildman–Crippen LogP) is 1.75. The van der Waals surface area contributed by atoms with Crippen LogP contribution in [-0.4, -0.2) is 49.7 Å². The molecule has 1 aliphatic heterocycles. The van der Waals surface area contributed by atoms with Gasteiger partial charge in [0.2, 0.25) is 5.91 Å². The number of sulfonamides is 1. The van der Waals surface area contributed by atoms with Crippen LogP contribution in [0.4, 0.5) is 0 Å². The number of carbonyl (C=O) groups excluding carboxylic acids is 1. The van der Waals surface area contributed by atoms with E-state index in [4.69, 9.17) is 0 Å². The highest BCUT2D eigenvalue weighted by molar-refractivity contribution is 9.11. The van der Waals surface area contributed by atoms with Gasteiger partial charge in [0, 0.05) is 33.1 Å². The Bertz CT molecular complexity index is 570. The minimum Gasteiger partial charge on any atom is -0.342 e. The fourth-order valence-electron chi connectivity index (χ4n) is 2.01. The van der Waals surface area contributed by atoms with Gasteiger partial charge in [0.25, 0.3) is 10.0 Å². The number of nitrogens with zero attached hydrogens (tertiary/aromatic N) is 2. The Balaban J connectivity index is 2.16. The van der Waals surface area contributed by atoms with Gasteiger partial charge in [0.05, 0.1) is 3.79 Å². The molecule has 8 heteroatoms. The molecule has 0 aromatic carbocycles. The molecule has 1 aromatic heterocycles. The Kier molecular flexibility index (Phi) is 4.65. The number of hydrogen-bond donors (Lipinski definition) is 0. The largest absolute Gasteiger partial charge is 0.342 e. The van der Waals surface area contributed by atoms with Gasteiger partial charge in [-0.15, -0.1) is 11.3 Å². The third-order valence-corrected chi connectivity index (χ3v) is 7.03. The van der Waals surface area contributed by atoms with Gasteiger partial charge in [-0.05, 0) is 34.5 Å². The van der Waals surface area contributed by atoms with Crippen LogP contribution in [0, 0.1) is 0 Å². The quantitative estimate of drug-likeness (QED) is 0.800. The molecule has 106 valence electrons. The Labute approximate surface area is 125 Å². The van der Waals surface area contributed by atoms with E-state index in [-0.39, 0.29) is 5.91 Å². The highest BCUT2D eigenvalue weighted by atomic mass is 79.9. The fraction of sp³-hybridized carbons (Fsp3) is 0.545. The first kappa shape index (κ1) is 15.0. The van der Waals surface area contributed by atoms with Crippen LogP contribution < -0.4 is 0 Å². The van der Waals surface area contributed by atoms with Crippen molar-refractivity contribution in [2.75, 3.05) is 26.2 Å². The van der Waals surface area contributed by atoms with Crippen molar-refractivity contribution in [1.82, 2.24) is 9.21 Å². The summed E-state index contributed by atoms with van der Waals surface area (Å²) < 4.78 is 27.5. The number of rotatable bonds is 2. The molecule has 1 aliphatic rings. The molecule has 0 radical (unpaired) electrons. The lowest BCUT2D eigenvalue weighted by atomic mass is 10.4. The number of hydrogen-bond acceptors (Lipinski definition) is 4. The van der Waals surface area contributed by atoms with Crippen molar-refractivity contribution >= 4 is 43.2 Å². The minimum absolute atomic E-state index is 0.00174. The second-order valence-corrected chi connectivity index (χ2v) is 8.95. The maximum Gasteiger partial charge on any atom is 0.252 e. The maximum atomic E-state index is 12.4. The van der Waals surface area contributed by atoms with Gasteiger partial charge in [0.15, 0.2) is 0 Å². The molecular weight excluding hydrogens is 352 g/mol. The van der Waals surface area contributed by atoms with E-state index in [1.165, 1.54) is 22.6 Å². The Morgan fingerprint density at radius 3 is 2.58 bits per heavy atom. The van der Waals surface area contributed by atoms with Crippen LogP contribution in [0.25, 0.3) is 0 Å². The second-order valence-electron chi connectivity index (χ2n) is 4.32. The molecule has 2 rings (SSSR count). The summed E-state index contributed by atoms with van der Waals surface area (Å²) in [5, 5.41) is 0. The Hall–Kier alpha value is -0.440. The molecule has 5 nitrogen and oxygen atoms in total. The van der Waals surface area contributed by atoms with Crippen LogP contribution in [0.5, 0.6) is 0 Å². The zero-order valence-electron chi connectivity index (χ0n) is 10.5. The summed E-state index contributed by atoms with van der Waals surface area (Å²) >= 11 is 4.48. The van der Waals surface area contributed by atoms with Crippen molar-refractivity contribution in [3.8, 4) is 0 Å². The molecule has 0 atom stereocenters. The zero-order valence-corrected chi connectivity index (χ0v) is 13.7. The van der Waals surface area contributed by atoms with Crippen LogP contribution in [-0.2, 0) is 14.8 Å². The summed E-state index contributed by atoms with van der Waals surface area (Å²) in [4.78, 5) is 13.0. The smallest absolute Gasteiger partial charge is 0.252 e. The van der Waals surface area contributed by atoms with Crippen LogP contribution in [0.1, 0.15) is 13.3 Å². The zero-order chi connectivity index (χ0) is 14.0. The van der Waals surface area contributed by atoms with Gasteiger partial charge < -0.3 is 4.90 Å². The van der Waals surface area contributed by atoms with Crippen LogP contribution in [0.3, 0.4) is 0 Å². The van der Waals surface area contributed by atoms with Crippen LogP contribution in [0.15, 0.2) is 20.1 Å². The SMILES string of the molecule is CC(=O)N1CCCN(S(=O)(=O)c2ccc(Br)s2)CC1. The van der Waals surface area contributed by atoms with Crippen molar-refractivity contribution in [3.63, 3.8) is 0 Å². The topological polar surface area (TPSA) is 57.7 Å². The highest BCUT2D eigenvalue weighted by Crippen LogP contribution is 2.28. The van der Waals surface area contributed by atoms with E-state index in [0.717, 1.165) is 3.79 Å². The molecule has 2 heterocycles. The first-order valence-corrected chi connectivity index (χ1v) is 8.97. The van der Waals surface area contributed by atoms with Gasteiger partial charge >= 0.3 is 0 Å². The van der Waals surface area contributed by atoms with E-state index >= 15 is 0 Å². The monoisotopic (exact) mass is 366 g/mol. The molecule has 1 fully saturated rings. The van der Waals surface area contributed by atoms with Gasteiger partial charge in [0.1, 0.15) is 4.21 Å². The molecule has 0 N–H and O–H groups in total. The lowest BCUT2D eigenvalue weighted by molar-refractivity contribution is -0.128. The summed E-state index contributed by atoms with van der Waals surface area (Å²) in [5.41, 5.74) is 0. The number of amides is 1. The summed E-state index contributed by atoms with van der Waals surface area (Å²) in [7, 11) is -3.43. The molecule has 1 saturated heterocycles. The molecule has 19 heavy (non-hydrogen) atoms. The maximum absolute atomic E-state index is 12.4. The van der Waals surface area contributed by atoms with E-state index in [1.807, 2.05) is 0 Å². The molecule has 0 saturated carbocycles. The van der Waals surface area contributed by atoms with Gasteiger partial charge in [-0.1, -0.05) is 0 Å². The van der Waals surface area contributed by atoms with Gasteiger partial charge in [-0.3, -0.25) is 4.79 Å². The van der Waals surface area contributed by atoms with Crippen molar-refractivity contribution in [1.29, 1.82) is 0 Å². The first-order valence-electron chi connectivity index (χ1n) is 5.92. The van der Waals surface area contributed by atoms with Crippen molar-refractivity contribution < 1.29 is 13.2 Å². The molecule has 0 bridgehead atoms. The Morgan fingerprint density at radius 1 is 1.26 bits per heavy atom. The van der Waals surface area contributed by atoms with E-state index in [9.17, 15) is 13.2 Å². The van der Waals surface area contributed by atoms with E-state index in [0.29, 0.717) is 36.8 Å². The fourth-order valence-corrected chi connectivity index (χ4v) is 5.65. The summed E-state index contributed by atoms with van der Waals surface area (Å²) in [6, 6.07) is 3.34. The molecule has 0 unspecified atom stereocenters. The summed E-state index contributed by atoms with van der Waals surface area (Å²) in [6.45, 7) is 3.41. The summed E-state index contributed by atoms with van der Waals surface area (Å²) in [6.07, 6.45) is 0.672. The first-order chi connectivity index (χ1) is 8.91. The predicted molar refractivity (Wildman–Crippen MR) is 77.6 cm³/mol. The van der Waals surface area contributed by atoms with E-state index < -0.39 is 10.0 Å². The number of thiophene rings is 1. The lowest BCUT2D eigenvalue weighted by Crippen LogP contribution is -2.36. The van der Waals surface area contributed by atoms with Crippen LogP contribution >= 0.6 is 27.3 Å². The van der Waals surface area contributed by atoms with E-state index in [2.05, 4.69) is 15.9 Å². The van der Waals surface area contributed by atoms with Crippen molar-refractivity contribution in [3.05, 3.63) is 15.9 Å². The Morgan fingerprint density at radius 2 is 2.00 bits per heavy atom. The molecule has 1 aromatic rings. The minimum atomic E-state index is -3.43. The second kappa shape index (κ2) is 5.90. The molecule has 1 amide bonds. The average molecular weight is 367 g/mol. The third-order valence-electron chi connectivity index (χ3n) is 3.04. The number of halogens is 1. The number of carbonyl (C=O) groups is 1. The van der Waals surface area contributed by atoms with Crippen molar-refractivity contribution in [2.45, 2.75) is 17.6 Å². The van der Waals surface area contributed by atoms with Gasteiger partial charge in [-0.25, -0.2) is 8.42 Å². The molecule has 0 spiro atoms. The normalized spacial score (nSPS) is 18.3.